The second kappa shape index (κ2) is 7.88. The minimum atomic E-state index is -0.392. The summed E-state index contributed by atoms with van der Waals surface area (Å²) in [6.07, 6.45) is 4.17. The van der Waals surface area contributed by atoms with Crippen LogP contribution in [0.5, 0.6) is 0 Å². The molecule has 0 aliphatic heterocycles. The fourth-order valence-corrected chi connectivity index (χ4v) is 2.81. The Hall–Kier alpha value is -3.06. The Kier molecular flexibility index (Phi) is 5.38. The number of benzene rings is 1. The van der Waals surface area contributed by atoms with E-state index in [4.69, 9.17) is 5.73 Å². The van der Waals surface area contributed by atoms with Crippen molar-refractivity contribution in [3.63, 3.8) is 0 Å². The maximum atomic E-state index is 13.3. The number of rotatable bonds is 6. The molecule has 1 atom stereocenters. The van der Waals surface area contributed by atoms with Gasteiger partial charge in [0.1, 0.15) is 11.5 Å². The van der Waals surface area contributed by atoms with Crippen LogP contribution in [0.15, 0.2) is 48.8 Å². The number of hydrogen-bond donors (Lipinski definition) is 3. The molecule has 0 aliphatic carbocycles. The number of hydrogen-bond acceptors (Lipinski definition) is 4. The first-order valence-electron chi connectivity index (χ1n) is 8.31. The van der Waals surface area contributed by atoms with Crippen LogP contribution in [0.3, 0.4) is 0 Å². The number of carbonyl (C=O) groups is 1. The van der Waals surface area contributed by atoms with Crippen molar-refractivity contribution >= 4 is 5.91 Å². The van der Waals surface area contributed by atoms with Crippen LogP contribution in [-0.2, 0) is 4.79 Å². The third kappa shape index (κ3) is 3.78. The van der Waals surface area contributed by atoms with Crippen LogP contribution < -0.4 is 11.1 Å². The van der Waals surface area contributed by atoms with E-state index in [0.717, 1.165) is 22.4 Å². The van der Waals surface area contributed by atoms with E-state index in [2.05, 4.69) is 20.5 Å². The number of amides is 1. The quantitative estimate of drug-likeness (QED) is 0.635. The first-order chi connectivity index (χ1) is 12.6. The summed E-state index contributed by atoms with van der Waals surface area (Å²) in [5.74, 6) is -0.374. The summed E-state index contributed by atoms with van der Waals surface area (Å²) < 4.78 is 13.3. The van der Waals surface area contributed by atoms with Gasteiger partial charge in [0.2, 0.25) is 5.91 Å². The average molecular weight is 353 g/mol. The van der Waals surface area contributed by atoms with Gasteiger partial charge in [0.05, 0.1) is 5.69 Å². The molecule has 4 N–H and O–H groups in total. The lowest BCUT2D eigenvalue weighted by molar-refractivity contribution is -0.120. The van der Waals surface area contributed by atoms with Crippen molar-refractivity contribution in [2.24, 2.45) is 5.73 Å². The van der Waals surface area contributed by atoms with Gasteiger partial charge in [-0.25, -0.2) is 4.39 Å². The second-order valence-corrected chi connectivity index (χ2v) is 5.92. The molecule has 0 spiro atoms. The lowest BCUT2D eigenvalue weighted by atomic mass is 9.95. The normalized spacial score (nSPS) is 12.0. The Morgan fingerprint density at radius 1 is 1.19 bits per heavy atom. The Morgan fingerprint density at radius 2 is 1.88 bits per heavy atom. The second-order valence-electron chi connectivity index (χ2n) is 5.92. The number of pyridine rings is 1. The maximum Gasteiger partial charge on any atom is 0.219 e. The molecule has 0 bridgehead atoms. The molecule has 0 fully saturated rings. The van der Waals surface area contributed by atoms with Gasteiger partial charge in [-0.2, -0.15) is 5.10 Å². The number of nitrogens with two attached hydrogens (primary N) is 1. The highest BCUT2D eigenvalue weighted by atomic mass is 19.1. The van der Waals surface area contributed by atoms with E-state index in [0.29, 0.717) is 18.5 Å². The molecule has 1 aromatic carbocycles. The van der Waals surface area contributed by atoms with Gasteiger partial charge in [-0.15, -0.1) is 0 Å². The lowest BCUT2D eigenvalue weighted by Gasteiger charge is -2.13. The van der Waals surface area contributed by atoms with Gasteiger partial charge in [-0.05, 0) is 48.4 Å². The van der Waals surface area contributed by atoms with Crippen molar-refractivity contribution in [2.75, 3.05) is 7.05 Å². The fourth-order valence-electron chi connectivity index (χ4n) is 2.81. The molecule has 26 heavy (non-hydrogen) atoms. The SMILES string of the molecule is CNC(=O)CC[C@@H](N)c1[nH]nc(-c2ccc(F)cc2)c1-c1ccncc1. The largest absolute Gasteiger partial charge is 0.359 e. The van der Waals surface area contributed by atoms with Crippen molar-refractivity contribution in [3.05, 3.63) is 60.3 Å². The van der Waals surface area contributed by atoms with Crippen LogP contribution in [0.1, 0.15) is 24.6 Å². The Morgan fingerprint density at radius 3 is 2.54 bits per heavy atom. The zero-order valence-corrected chi connectivity index (χ0v) is 14.4. The van der Waals surface area contributed by atoms with E-state index < -0.39 is 6.04 Å². The van der Waals surface area contributed by atoms with Crippen LogP contribution in [-0.4, -0.2) is 28.1 Å². The van der Waals surface area contributed by atoms with E-state index in [-0.39, 0.29) is 11.7 Å². The van der Waals surface area contributed by atoms with Crippen LogP contribution in [0.2, 0.25) is 0 Å². The Bertz CT molecular complexity index is 877. The molecule has 6 nitrogen and oxygen atoms in total. The molecule has 0 saturated heterocycles. The minimum Gasteiger partial charge on any atom is -0.359 e. The molecule has 1 amide bonds. The first kappa shape index (κ1) is 17.8. The smallest absolute Gasteiger partial charge is 0.219 e. The molecule has 2 heterocycles. The minimum absolute atomic E-state index is 0.0656. The molecule has 0 radical (unpaired) electrons. The predicted molar refractivity (Wildman–Crippen MR) is 97.4 cm³/mol. The Balaban J connectivity index is 2.02. The zero-order valence-electron chi connectivity index (χ0n) is 14.4. The van der Waals surface area contributed by atoms with Crippen molar-refractivity contribution in [1.82, 2.24) is 20.5 Å². The molecular formula is C19H20FN5O. The van der Waals surface area contributed by atoms with E-state index in [9.17, 15) is 9.18 Å². The summed E-state index contributed by atoms with van der Waals surface area (Å²) in [6.45, 7) is 0. The van der Waals surface area contributed by atoms with E-state index in [1.54, 1.807) is 31.6 Å². The van der Waals surface area contributed by atoms with Gasteiger partial charge in [-0.3, -0.25) is 14.9 Å². The zero-order chi connectivity index (χ0) is 18.5. The molecular weight excluding hydrogens is 333 g/mol. The van der Waals surface area contributed by atoms with Crippen LogP contribution in [0.25, 0.3) is 22.4 Å². The number of carbonyl (C=O) groups excluding carboxylic acids is 1. The first-order valence-corrected chi connectivity index (χ1v) is 8.31. The standard InChI is InChI=1S/C19H20FN5O/c1-22-16(26)7-6-15(21)19-17(12-8-10-23-11-9-12)18(24-25-19)13-2-4-14(20)5-3-13/h2-5,8-11,15H,6-7,21H2,1H3,(H,22,26)(H,24,25)/t15-/m1/s1. The highest BCUT2D eigenvalue weighted by Gasteiger charge is 2.21. The fraction of sp³-hybridized carbons (Fsp3) is 0.211. The van der Waals surface area contributed by atoms with Gasteiger partial charge >= 0.3 is 0 Å². The summed E-state index contributed by atoms with van der Waals surface area (Å²) in [6, 6.07) is 9.49. The number of nitrogens with zero attached hydrogens (tertiary/aromatic N) is 2. The van der Waals surface area contributed by atoms with E-state index in [1.807, 2.05) is 12.1 Å². The van der Waals surface area contributed by atoms with Crippen molar-refractivity contribution < 1.29 is 9.18 Å². The Labute approximate surface area is 150 Å². The molecule has 3 aromatic rings. The van der Waals surface area contributed by atoms with Crippen molar-refractivity contribution in [2.45, 2.75) is 18.9 Å². The number of H-pyrrole nitrogens is 1. The molecule has 0 unspecified atom stereocenters. The van der Waals surface area contributed by atoms with E-state index >= 15 is 0 Å². The van der Waals surface area contributed by atoms with Crippen molar-refractivity contribution in [3.8, 4) is 22.4 Å². The average Bonchev–Trinajstić information content (AvgIpc) is 3.12. The number of halogens is 1. The van der Waals surface area contributed by atoms with Crippen LogP contribution in [0, 0.1) is 5.82 Å². The van der Waals surface area contributed by atoms with Gasteiger partial charge < -0.3 is 11.1 Å². The topological polar surface area (TPSA) is 96.7 Å². The monoisotopic (exact) mass is 353 g/mol. The molecule has 0 aliphatic rings. The van der Waals surface area contributed by atoms with Gasteiger partial charge in [0.25, 0.3) is 0 Å². The van der Waals surface area contributed by atoms with Gasteiger partial charge in [-0.1, -0.05) is 0 Å². The molecule has 3 rings (SSSR count). The molecule has 134 valence electrons. The van der Waals surface area contributed by atoms with Gasteiger partial charge in [0, 0.05) is 43.0 Å². The van der Waals surface area contributed by atoms with Crippen molar-refractivity contribution in [1.29, 1.82) is 0 Å². The van der Waals surface area contributed by atoms with Crippen LogP contribution >= 0.6 is 0 Å². The summed E-state index contributed by atoms with van der Waals surface area (Å²) in [7, 11) is 1.60. The molecule has 2 aromatic heterocycles. The van der Waals surface area contributed by atoms with E-state index in [1.165, 1.54) is 12.1 Å². The van der Waals surface area contributed by atoms with Crippen LogP contribution in [0.4, 0.5) is 4.39 Å². The lowest BCUT2D eigenvalue weighted by Crippen LogP contribution is -2.20. The van der Waals surface area contributed by atoms with Gasteiger partial charge in [0.15, 0.2) is 0 Å². The number of nitrogens with one attached hydrogen (secondary N) is 2. The summed E-state index contributed by atoms with van der Waals surface area (Å²) >= 11 is 0. The highest BCUT2D eigenvalue weighted by Crippen LogP contribution is 2.36. The maximum absolute atomic E-state index is 13.3. The highest BCUT2D eigenvalue weighted by molar-refractivity contribution is 5.83. The number of aromatic amines is 1. The summed E-state index contributed by atoms with van der Waals surface area (Å²) in [5, 5.41) is 10.0. The molecule has 7 heteroatoms. The summed E-state index contributed by atoms with van der Waals surface area (Å²) in [5.41, 5.74) is 10.3. The molecule has 0 saturated carbocycles. The third-order valence-corrected chi connectivity index (χ3v) is 4.21. The third-order valence-electron chi connectivity index (χ3n) is 4.21. The predicted octanol–water partition coefficient (Wildman–Crippen LogP) is 2.80. The number of aromatic nitrogens is 3. The summed E-state index contributed by atoms with van der Waals surface area (Å²) in [4.78, 5) is 15.6.